The molecule has 0 bridgehead atoms. The van der Waals surface area contributed by atoms with Gasteiger partial charge in [-0.25, -0.2) is 0 Å². The maximum Gasteiger partial charge on any atom is 0.317 e. The van der Waals surface area contributed by atoms with Crippen LogP contribution in [0.3, 0.4) is 0 Å². The summed E-state index contributed by atoms with van der Waals surface area (Å²) in [5.74, 6) is -0.330. The predicted octanol–water partition coefficient (Wildman–Crippen LogP) is 5.07. The second-order valence-corrected chi connectivity index (χ2v) is 6.90. The van der Waals surface area contributed by atoms with Crippen molar-refractivity contribution in [1.29, 1.82) is 0 Å². The first-order valence-corrected chi connectivity index (χ1v) is 9.41. The van der Waals surface area contributed by atoms with Crippen LogP contribution >= 0.6 is 11.6 Å². The Morgan fingerprint density at radius 3 is 2.69 bits per heavy atom. The second-order valence-electron chi connectivity index (χ2n) is 6.52. The van der Waals surface area contributed by atoms with Crippen molar-refractivity contribution < 1.29 is 14.4 Å². The molecule has 0 unspecified atom stereocenters. The number of halogens is 1. The molecule has 0 saturated heterocycles. The molecule has 29 heavy (non-hydrogen) atoms. The largest absolute Gasteiger partial charge is 0.480 e. The van der Waals surface area contributed by atoms with Gasteiger partial charge in [0.15, 0.2) is 11.4 Å². The van der Waals surface area contributed by atoms with Gasteiger partial charge in [0, 0.05) is 12.1 Å². The van der Waals surface area contributed by atoms with Crippen LogP contribution in [0.25, 0.3) is 22.1 Å². The summed E-state index contributed by atoms with van der Waals surface area (Å²) in [5.41, 5.74) is 4.21. The molecule has 0 amide bonds. The highest BCUT2D eigenvalue weighted by Gasteiger charge is 2.13. The van der Waals surface area contributed by atoms with E-state index < -0.39 is 5.97 Å². The highest BCUT2D eigenvalue weighted by molar-refractivity contribution is 6.36. The fourth-order valence-electron chi connectivity index (χ4n) is 3.09. The van der Waals surface area contributed by atoms with Crippen LogP contribution in [0.1, 0.15) is 5.56 Å². The van der Waals surface area contributed by atoms with Crippen LogP contribution in [0.4, 0.5) is 11.5 Å². The zero-order chi connectivity index (χ0) is 20.2. The van der Waals surface area contributed by atoms with Crippen molar-refractivity contribution in [2.45, 2.75) is 6.54 Å². The Kier molecular flexibility index (Phi) is 5.46. The number of nitrogens with one attached hydrogen (secondary N) is 2. The number of carbonyl (C=O) groups is 1. The molecule has 0 aliphatic rings. The van der Waals surface area contributed by atoms with Gasteiger partial charge in [-0.3, -0.25) is 4.79 Å². The van der Waals surface area contributed by atoms with Crippen molar-refractivity contribution in [3.8, 4) is 11.1 Å². The van der Waals surface area contributed by atoms with Crippen LogP contribution < -0.4 is 10.6 Å². The molecule has 4 aromatic rings. The Hall–Kier alpha value is -3.35. The zero-order valence-corrected chi connectivity index (χ0v) is 16.1. The summed E-state index contributed by atoms with van der Waals surface area (Å²) in [6, 6.07) is 21.4. The van der Waals surface area contributed by atoms with E-state index >= 15 is 0 Å². The third kappa shape index (κ3) is 4.23. The van der Waals surface area contributed by atoms with Crippen molar-refractivity contribution in [1.82, 2.24) is 10.5 Å². The summed E-state index contributed by atoms with van der Waals surface area (Å²) in [4.78, 5) is 10.6. The number of anilines is 2. The van der Waals surface area contributed by atoms with Gasteiger partial charge >= 0.3 is 5.97 Å². The van der Waals surface area contributed by atoms with Crippen molar-refractivity contribution >= 4 is 40.0 Å². The van der Waals surface area contributed by atoms with E-state index in [1.165, 1.54) is 0 Å². The highest BCUT2D eigenvalue weighted by Crippen LogP contribution is 2.36. The lowest BCUT2D eigenvalue weighted by Gasteiger charge is -2.10. The lowest BCUT2D eigenvalue weighted by molar-refractivity contribution is -0.135. The molecule has 0 aliphatic carbocycles. The maximum absolute atomic E-state index is 10.6. The van der Waals surface area contributed by atoms with E-state index in [-0.39, 0.29) is 6.54 Å². The molecule has 0 atom stereocenters. The summed E-state index contributed by atoms with van der Waals surface area (Å²) >= 11 is 6.64. The average molecular weight is 408 g/mol. The van der Waals surface area contributed by atoms with Crippen molar-refractivity contribution in [3.63, 3.8) is 0 Å². The fraction of sp³-hybridized carbons (Fsp3) is 0.0909. The van der Waals surface area contributed by atoms with Gasteiger partial charge in [0.25, 0.3) is 0 Å². The molecule has 0 radical (unpaired) electrons. The van der Waals surface area contributed by atoms with Crippen molar-refractivity contribution in [3.05, 3.63) is 77.3 Å². The predicted molar refractivity (Wildman–Crippen MR) is 114 cm³/mol. The molecule has 7 heteroatoms. The van der Waals surface area contributed by atoms with E-state index in [0.29, 0.717) is 23.0 Å². The Morgan fingerprint density at radius 1 is 1.07 bits per heavy atom. The zero-order valence-electron chi connectivity index (χ0n) is 15.4. The number of nitrogens with zero attached hydrogens (tertiary/aromatic N) is 1. The molecule has 1 heterocycles. The van der Waals surface area contributed by atoms with E-state index in [1.54, 1.807) is 0 Å². The van der Waals surface area contributed by atoms with E-state index in [2.05, 4.69) is 15.8 Å². The Labute approximate surface area is 172 Å². The summed E-state index contributed by atoms with van der Waals surface area (Å²) < 4.78 is 5.44. The molecular formula is C22H18ClN3O3. The quantitative estimate of drug-likeness (QED) is 0.396. The molecule has 4 rings (SSSR count). The van der Waals surface area contributed by atoms with Crippen molar-refractivity contribution in [2.24, 2.45) is 0 Å². The molecule has 0 fully saturated rings. The van der Waals surface area contributed by atoms with Gasteiger partial charge < -0.3 is 20.3 Å². The number of hydrogen-bond donors (Lipinski definition) is 3. The third-order valence-electron chi connectivity index (χ3n) is 4.48. The van der Waals surface area contributed by atoms with Gasteiger partial charge in [0.05, 0.1) is 22.6 Å². The number of carboxylic acid groups (broad SMARTS) is 1. The SMILES string of the molecule is O=C(O)CNCc1ccc2c(Nc3cccc(-c4ccccc4)c3Cl)noc2c1. The lowest BCUT2D eigenvalue weighted by atomic mass is 10.0. The monoisotopic (exact) mass is 407 g/mol. The standard InChI is InChI=1S/C22H18ClN3O3/c23-21-16(15-5-2-1-3-6-15)7-4-8-18(21)25-22-17-10-9-14(11-19(17)29-26-22)12-24-13-20(27)28/h1-11,24H,12-13H2,(H,25,26)(H,27,28). The fourth-order valence-corrected chi connectivity index (χ4v) is 3.37. The molecule has 6 nitrogen and oxygen atoms in total. The van der Waals surface area contributed by atoms with Crippen LogP contribution in [0.15, 0.2) is 71.3 Å². The van der Waals surface area contributed by atoms with E-state index in [1.807, 2.05) is 66.7 Å². The van der Waals surface area contributed by atoms with Gasteiger partial charge in [-0.05, 0) is 29.3 Å². The summed E-state index contributed by atoms with van der Waals surface area (Å²) in [7, 11) is 0. The smallest absolute Gasteiger partial charge is 0.317 e. The number of aliphatic carboxylic acids is 1. The maximum atomic E-state index is 10.6. The number of aromatic nitrogens is 1. The minimum absolute atomic E-state index is 0.0997. The third-order valence-corrected chi connectivity index (χ3v) is 4.89. The molecule has 1 aromatic heterocycles. The van der Waals surface area contributed by atoms with E-state index in [9.17, 15) is 4.79 Å². The van der Waals surface area contributed by atoms with E-state index in [0.717, 1.165) is 27.8 Å². The number of hydrogen-bond acceptors (Lipinski definition) is 5. The number of fused-ring (bicyclic) bond motifs is 1. The summed E-state index contributed by atoms with van der Waals surface area (Å²) in [6.45, 7) is 0.328. The molecule has 0 saturated carbocycles. The normalized spacial score (nSPS) is 10.9. The first-order valence-electron chi connectivity index (χ1n) is 9.03. The van der Waals surface area contributed by atoms with E-state index in [4.69, 9.17) is 21.2 Å². The van der Waals surface area contributed by atoms with Gasteiger partial charge in [0.2, 0.25) is 0 Å². The van der Waals surface area contributed by atoms with Gasteiger partial charge in [-0.1, -0.05) is 65.3 Å². The Morgan fingerprint density at radius 2 is 1.90 bits per heavy atom. The molecule has 3 aromatic carbocycles. The highest BCUT2D eigenvalue weighted by atomic mass is 35.5. The Bertz CT molecular complexity index is 1160. The number of benzene rings is 3. The molecule has 3 N–H and O–H groups in total. The topological polar surface area (TPSA) is 87.4 Å². The first kappa shape index (κ1) is 19.0. The Balaban J connectivity index is 1.58. The second kappa shape index (κ2) is 8.34. The summed E-state index contributed by atoms with van der Waals surface area (Å²) in [5, 5.41) is 20.3. The number of carboxylic acids is 1. The van der Waals surface area contributed by atoms with Crippen LogP contribution in [0.5, 0.6) is 0 Å². The van der Waals surface area contributed by atoms with Crippen LogP contribution in [-0.2, 0) is 11.3 Å². The van der Waals surface area contributed by atoms with Gasteiger partial charge in [0.1, 0.15) is 0 Å². The van der Waals surface area contributed by atoms with Crippen molar-refractivity contribution in [2.75, 3.05) is 11.9 Å². The van der Waals surface area contributed by atoms with Gasteiger partial charge in [-0.15, -0.1) is 0 Å². The van der Waals surface area contributed by atoms with Gasteiger partial charge in [-0.2, -0.15) is 0 Å². The minimum atomic E-state index is -0.896. The first-order chi connectivity index (χ1) is 14.1. The number of rotatable bonds is 7. The summed E-state index contributed by atoms with van der Waals surface area (Å²) in [6.07, 6.45) is 0. The lowest BCUT2D eigenvalue weighted by Crippen LogP contribution is -2.21. The molecule has 146 valence electrons. The van der Waals surface area contributed by atoms with Crippen LogP contribution in [-0.4, -0.2) is 22.8 Å². The van der Waals surface area contributed by atoms with Crippen LogP contribution in [0, 0.1) is 0 Å². The minimum Gasteiger partial charge on any atom is -0.480 e. The average Bonchev–Trinajstić information content (AvgIpc) is 3.12. The molecule has 0 spiro atoms. The van der Waals surface area contributed by atoms with Crippen LogP contribution in [0.2, 0.25) is 5.02 Å². The molecular weight excluding hydrogens is 390 g/mol. The molecule has 0 aliphatic heterocycles.